The van der Waals surface area contributed by atoms with E-state index < -0.39 is 0 Å². The van der Waals surface area contributed by atoms with E-state index in [1.54, 1.807) is 0 Å². The SMILES string of the molecule is C1=CCC(c2cc3c(cc2N(c2ccc(-c4ccccc4)cc2)c2ccc(-c4ccc5ccccc5c4)cc2)oc2ccccc23)C=C1. The lowest BCUT2D eigenvalue weighted by atomic mass is 9.89. The van der Waals surface area contributed by atoms with Crippen molar-refractivity contribution in [3.8, 4) is 22.3 Å². The van der Waals surface area contributed by atoms with Gasteiger partial charge in [-0.3, -0.25) is 0 Å². The average Bonchev–Trinajstić information content (AvgIpc) is 3.53. The monoisotopic (exact) mass is 615 g/mol. The van der Waals surface area contributed by atoms with Crippen molar-refractivity contribution in [2.24, 2.45) is 0 Å². The molecule has 48 heavy (non-hydrogen) atoms. The van der Waals surface area contributed by atoms with Gasteiger partial charge in [0.15, 0.2) is 0 Å². The largest absolute Gasteiger partial charge is 0.456 e. The number of hydrogen-bond donors (Lipinski definition) is 0. The van der Waals surface area contributed by atoms with Crippen LogP contribution in [0.2, 0.25) is 0 Å². The van der Waals surface area contributed by atoms with Crippen LogP contribution in [-0.2, 0) is 0 Å². The lowest BCUT2D eigenvalue weighted by Crippen LogP contribution is -2.14. The van der Waals surface area contributed by atoms with Crippen LogP contribution >= 0.6 is 0 Å². The van der Waals surface area contributed by atoms with Crippen LogP contribution in [0, 0.1) is 0 Å². The summed E-state index contributed by atoms with van der Waals surface area (Å²) in [6.45, 7) is 0. The van der Waals surface area contributed by atoms with E-state index in [1.807, 2.05) is 6.07 Å². The summed E-state index contributed by atoms with van der Waals surface area (Å²) in [7, 11) is 0. The topological polar surface area (TPSA) is 16.4 Å². The van der Waals surface area contributed by atoms with Gasteiger partial charge in [-0.05, 0) is 87.5 Å². The molecular formula is C46H33NO. The first-order chi connectivity index (χ1) is 23.8. The molecule has 1 atom stereocenters. The highest BCUT2D eigenvalue weighted by atomic mass is 16.3. The average molecular weight is 616 g/mol. The number of nitrogens with zero attached hydrogens (tertiary/aromatic N) is 1. The second-order valence-corrected chi connectivity index (χ2v) is 12.5. The molecule has 2 heteroatoms. The number of hydrogen-bond acceptors (Lipinski definition) is 2. The second kappa shape index (κ2) is 11.9. The minimum absolute atomic E-state index is 0.242. The van der Waals surface area contributed by atoms with Gasteiger partial charge in [-0.15, -0.1) is 0 Å². The number of benzene rings is 7. The standard InChI is InChI=1S/C46H33NO/c1-3-11-32(12-4-1)34-21-25-39(26-22-34)47(40-27-23-35(24-28-40)38-20-19-33-13-7-8-16-37(33)29-38)44-31-46-43(41-17-9-10-18-45(41)48-46)30-42(44)36-14-5-2-6-15-36/h1-14,16-31,36H,15H2. The Labute approximate surface area is 280 Å². The zero-order chi connectivity index (χ0) is 31.9. The zero-order valence-electron chi connectivity index (χ0n) is 26.5. The highest BCUT2D eigenvalue weighted by Gasteiger charge is 2.23. The van der Waals surface area contributed by atoms with Gasteiger partial charge in [0.1, 0.15) is 11.2 Å². The fraction of sp³-hybridized carbons (Fsp3) is 0.0435. The van der Waals surface area contributed by atoms with E-state index in [4.69, 9.17) is 4.42 Å². The van der Waals surface area contributed by atoms with E-state index in [-0.39, 0.29) is 5.92 Å². The maximum atomic E-state index is 6.49. The van der Waals surface area contributed by atoms with Crippen LogP contribution in [0.4, 0.5) is 17.1 Å². The predicted molar refractivity (Wildman–Crippen MR) is 202 cm³/mol. The summed E-state index contributed by atoms with van der Waals surface area (Å²) in [4.78, 5) is 2.40. The van der Waals surface area contributed by atoms with Crippen LogP contribution in [0.1, 0.15) is 17.9 Å². The number of allylic oxidation sites excluding steroid dienone is 4. The van der Waals surface area contributed by atoms with Crippen molar-refractivity contribution < 1.29 is 4.42 Å². The van der Waals surface area contributed by atoms with Crippen molar-refractivity contribution in [3.05, 3.63) is 188 Å². The first-order valence-corrected chi connectivity index (χ1v) is 16.6. The molecule has 1 aromatic heterocycles. The van der Waals surface area contributed by atoms with E-state index in [2.05, 4.69) is 181 Å². The smallest absolute Gasteiger partial charge is 0.137 e. The van der Waals surface area contributed by atoms with Crippen molar-refractivity contribution in [1.82, 2.24) is 0 Å². The van der Waals surface area contributed by atoms with Gasteiger partial charge < -0.3 is 9.32 Å². The van der Waals surface area contributed by atoms with Gasteiger partial charge >= 0.3 is 0 Å². The zero-order valence-corrected chi connectivity index (χ0v) is 26.5. The first kappa shape index (κ1) is 28.1. The number of fused-ring (bicyclic) bond motifs is 4. The van der Waals surface area contributed by atoms with Crippen molar-refractivity contribution in [3.63, 3.8) is 0 Å². The lowest BCUT2D eigenvalue weighted by Gasteiger charge is -2.30. The van der Waals surface area contributed by atoms with Crippen LogP contribution in [0.5, 0.6) is 0 Å². The molecule has 8 aromatic rings. The van der Waals surface area contributed by atoms with Crippen LogP contribution in [-0.4, -0.2) is 0 Å². The molecule has 1 aliphatic carbocycles. The lowest BCUT2D eigenvalue weighted by molar-refractivity contribution is 0.668. The fourth-order valence-electron chi connectivity index (χ4n) is 7.11. The molecule has 0 fully saturated rings. The Morgan fingerprint density at radius 1 is 0.479 bits per heavy atom. The molecule has 0 N–H and O–H groups in total. The Morgan fingerprint density at radius 2 is 1.12 bits per heavy atom. The second-order valence-electron chi connectivity index (χ2n) is 12.5. The molecule has 7 aromatic carbocycles. The van der Waals surface area contributed by atoms with Crippen molar-refractivity contribution >= 4 is 49.8 Å². The van der Waals surface area contributed by atoms with Gasteiger partial charge in [0.05, 0.1) is 5.69 Å². The van der Waals surface area contributed by atoms with Crippen LogP contribution in [0.3, 0.4) is 0 Å². The van der Waals surface area contributed by atoms with Gasteiger partial charge in [-0.1, -0.05) is 133 Å². The third kappa shape index (κ3) is 5.09. The molecule has 9 rings (SSSR count). The molecule has 0 radical (unpaired) electrons. The minimum atomic E-state index is 0.242. The summed E-state index contributed by atoms with van der Waals surface area (Å²) < 4.78 is 6.49. The molecule has 1 aliphatic rings. The molecule has 0 aliphatic heterocycles. The van der Waals surface area contributed by atoms with Gasteiger partial charge in [0, 0.05) is 34.1 Å². The van der Waals surface area contributed by atoms with Crippen molar-refractivity contribution in [2.45, 2.75) is 12.3 Å². The van der Waals surface area contributed by atoms with Crippen LogP contribution in [0.15, 0.2) is 186 Å². The van der Waals surface area contributed by atoms with E-state index in [9.17, 15) is 0 Å². The Kier molecular flexibility index (Phi) is 6.98. The number of para-hydroxylation sites is 1. The molecule has 1 unspecified atom stereocenters. The molecule has 0 bridgehead atoms. The third-order valence-corrected chi connectivity index (χ3v) is 9.59. The molecule has 2 nitrogen and oxygen atoms in total. The predicted octanol–water partition coefficient (Wildman–Crippen LogP) is 13.1. The molecular weight excluding hydrogens is 583 g/mol. The number of furan rings is 1. The molecule has 0 spiro atoms. The number of rotatable bonds is 6. The summed E-state index contributed by atoms with van der Waals surface area (Å²) in [5, 5.41) is 4.80. The third-order valence-electron chi connectivity index (χ3n) is 9.59. The highest BCUT2D eigenvalue weighted by molar-refractivity contribution is 6.07. The summed E-state index contributed by atoms with van der Waals surface area (Å²) in [6.07, 6.45) is 9.86. The summed E-state index contributed by atoms with van der Waals surface area (Å²) in [5.74, 6) is 0.242. The molecule has 1 heterocycles. The van der Waals surface area contributed by atoms with Crippen LogP contribution in [0.25, 0.3) is 55.0 Å². The molecule has 228 valence electrons. The summed E-state index contributed by atoms with van der Waals surface area (Å²) in [6, 6.07) is 56.7. The Hall–Kier alpha value is -6.12. The van der Waals surface area contributed by atoms with E-state index in [1.165, 1.54) is 38.6 Å². The fourth-order valence-corrected chi connectivity index (χ4v) is 7.11. The first-order valence-electron chi connectivity index (χ1n) is 16.6. The highest BCUT2D eigenvalue weighted by Crippen LogP contribution is 2.45. The van der Waals surface area contributed by atoms with Gasteiger partial charge in [0.2, 0.25) is 0 Å². The van der Waals surface area contributed by atoms with Crippen LogP contribution < -0.4 is 4.90 Å². The maximum absolute atomic E-state index is 6.49. The molecule has 0 saturated heterocycles. The van der Waals surface area contributed by atoms with E-state index >= 15 is 0 Å². The summed E-state index contributed by atoms with van der Waals surface area (Å²) in [5.41, 5.74) is 11.2. The maximum Gasteiger partial charge on any atom is 0.137 e. The van der Waals surface area contributed by atoms with E-state index in [0.29, 0.717) is 0 Å². The number of anilines is 3. The van der Waals surface area contributed by atoms with Gasteiger partial charge in [-0.25, -0.2) is 0 Å². The van der Waals surface area contributed by atoms with Gasteiger partial charge in [-0.2, -0.15) is 0 Å². The molecule has 0 amide bonds. The Balaban J connectivity index is 1.22. The van der Waals surface area contributed by atoms with Crippen molar-refractivity contribution in [1.29, 1.82) is 0 Å². The Bertz CT molecular complexity index is 2470. The Morgan fingerprint density at radius 3 is 1.88 bits per heavy atom. The summed E-state index contributed by atoms with van der Waals surface area (Å²) >= 11 is 0. The molecule has 0 saturated carbocycles. The van der Waals surface area contributed by atoms with Gasteiger partial charge in [0.25, 0.3) is 0 Å². The normalized spacial score (nSPS) is 14.2. The van der Waals surface area contributed by atoms with E-state index in [0.717, 1.165) is 45.4 Å². The minimum Gasteiger partial charge on any atom is -0.456 e. The quantitative estimate of drug-likeness (QED) is 0.185. The van der Waals surface area contributed by atoms with Crippen molar-refractivity contribution in [2.75, 3.05) is 4.90 Å².